The van der Waals surface area contributed by atoms with Crippen LogP contribution in [0.25, 0.3) is 0 Å². The first-order valence-electron chi connectivity index (χ1n) is 7.76. The van der Waals surface area contributed by atoms with Gasteiger partial charge in [-0.25, -0.2) is 9.97 Å². The molecule has 3 aromatic rings. The SMILES string of the molecule is CC(=O)Nc1cccc(CNc2cc(Nc3cnn(C)c3)ncn2)c1. The first kappa shape index (κ1) is 16.4. The van der Waals surface area contributed by atoms with Crippen molar-refractivity contribution in [1.82, 2.24) is 19.7 Å². The van der Waals surface area contributed by atoms with Crippen LogP contribution in [0.3, 0.4) is 0 Å². The predicted molar refractivity (Wildman–Crippen MR) is 96.6 cm³/mol. The molecule has 2 heterocycles. The molecule has 0 aliphatic rings. The van der Waals surface area contributed by atoms with Gasteiger partial charge in [-0.15, -0.1) is 0 Å². The molecule has 3 rings (SSSR count). The maximum atomic E-state index is 11.1. The van der Waals surface area contributed by atoms with E-state index in [0.29, 0.717) is 18.2 Å². The zero-order valence-corrected chi connectivity index (χ0v) is 14.0. The van der Waals surface area contributed by atoms with Crippen molar-refractivity contribution in [3.05, 3.63) is 54.6 Å². The van der Waals surface area contributed by atoms with E-state index in [1.54, 1.807) is 10.9 Å². The molecule has 0 radical (unpaired) electrons. The number of carbonyl (C=O) groups is 1. The molecule has 8 nitrogen and oxygen atoms in total. The normalized spacial score (nSPS) is 10.3. The number of aryl methyl sites for hydroxylation is 1. The summed E-state index contributed by atoms with van der Waals surface area (Å²) in [6, 6.07) is 9.48. The van der Waals surface area contributed by atoms with E-state index in [1.807, 2.05) is 43.6 Å². The zero-order valence-electron chi connectivity index (χ0n) is 14.0. The van der Waals surface area contributed by atoms with E-state index < -0.39 is 0 Å². The molecule has 2 aromatic heterocycles. The molecule has 3 N–H and O–H groups in total. The van der Waals surface area contributed by atoms with E-state index >= 15 is 0 Å². The number of carbonyl (C=O) groups excluding carboxylic acids is 1. The van der Waals surface area contributed by atoms with Gasteiger partial charge in [-0.3, -0.25) is 9.48 Å². The molecule has 1 amide bonds. The summed E-state index contributed by atoms with van der Waals surface area (Å²) in [7, 11) is 1.85. The highest BCUT2D eigenvalue weighted by Crippen LogP contribution is 2.16. The molecule has 0 aliphatic heterocycles. The van der Waals surface area contributed by atoms with E-state index in [2.05, 4.69) is 31.0 Å². The summed E-state index contributed by atoms with van der Waals surface area (Å²) in [4.78, 5) is 19.6. The lowest BCUT2D eigenvalue weighted by Gasteiger charge is -2.09. The smallest absolute Gasteiger partial charge is 0.221 e. The lowest BCUT2D eigenvalue weighted by atomic mass is 10.2. The number of amides is 1. The third kappa shape index (κ3) is 4.77. The Kier molecular flexibility index (Phi) is 4.89. The number of nitrogens with one attached hydrogen (secondary N) is 3. The van der Waals surface area contributed by atoms with Crippen molar-refractivity contribution in [2.75, 3.05) is 16.0 Å². The fraction of sp³-hybridized carbons (Fsp3) is 0.176. The van der Waals surface area contributed by atoms with Crippen LogP contribution in [-0.2, 0) is 18.4 Å². The molecule has 0 bridgehead atoms. The van der Waals surface area contributed by atoms with Gasteiger partial charge in [-0.05, 0) is 17.7 Å². The maximum absolute atomic E-state index is 11.1. The average Bonchev–Trinajstić information content (AvgIpc) is 2.98. The first-order chi connectivity index (χ1) is 12.1. The summed E-state index contributed by atoms with van der Waals surface area (Å²) in [6.07, 6.45) is 5.08. The summed E-state index contributed by atoms with van der Waals surface area (Å²) in [5.74, 6) is 1.29. The molecule has 0 saturated carbocycles. The van der Waals surface area contributed by atoms with Gasteiger partial charge in [-0.1, -0.05) is 12.1 Å². The average molecular weight is 337 g/mol. The Balaban J connectivity index is 1.63. The second-order valence-electron chi connectivity index (χ2n) is 5.55. The number of anilines is 4. The second-order valence-corrected chi connectivity index (χ2v) is 5.55. The van der Waals surface area contributed by atoms with Gasteiger partial charge < -0.3 is 16.0 Å². The molecule has 0 atom stereocenters. The number of hydrogen-bond acceptors (Lipinski definition) is 6. The number of aromatic nitrogens is 4. The maximum Gasteiger partial charge on any atom is 0.221 e. The molecule has 0 unspecified atom stereocenters. The van der Waals surface area contributed by atoms with Crippen LogP contribution in [0, 0.1) is 0 Å². The van der Waals surface area contributed by atoms with E-state index in [-0.39, 0.29) is 5.91 Å². The number of rotatable bonds is 6. The van der Waals surface area contributed by atoms with Gasteiger partial charge in [0.15, 0.2) is 0 Å². The lowest BCUT2D eigenvalue weighted by Crippen LogP contribution is -2.07. The summed E-state index contributed by atoms with van der Waals surface area (Å²) in [6.45, 7) is 2.07. The monoisotopic (exact) mass is 337 g/mol. The first-order valence-corrected chi connectivity index (χ1v) is 7.76. The molecular weight excluding hydrogens is 318 g/mol. The molecular formula is C17H19N7O. The van der Waals surface area contributed by atoms with Crippen molar-refractivity contribution in [3.63, 3.8) is 0 Å². The number of hydrogen-bond donors (Lipinski definition) is 3. The highest BCUT2D eigenvalue weighted by atomic mass is 16.1. The van der Waals surface area contributed by atoms with Crippen LogP contribution in [0.15, 0.2) is 49.1 Å². The third-order valence-electron chi connectivity index (χ3n) is 3.37. The van der Waals surface area contributed by atoms with Gasteiger partial charge in [0.1, 0.15) is 18.0 Å². The van der Waals surface area contributed by atoms with Crippen molar-refractivity contribution < 1.29 is 4.79 Å². The Morgan fingerprint density at radius 2 is 2.00 bits per heavy atom. The second kappa shape index (κ2) is 7.43. The number of benzene rings is 1. The van der Waals surface area contributed by atoms with Crippen LogP contribution in [-0.4, -0.2) is 25.7 Å². The topological polar surface area (TPSA) is 96.8 Å². The minimum Gasteiger partial charge on any atom is -0.366 e. The van der Waals surface area contributed by atoms with Crippen LogP contribution in [0.5, 0.6) is 0 Å². The largest absolute Gasteiger partial charge is 0.366 e. The van der Waals surface area contributed by atoms with E-state index in [1.165, 1.54) is 13.3 Å². The van der Waals surface area contributed by atoms with Crippen LogP contribution in [0.1, 0.15) is 12.5 Å². The molecule has 128 valence electrons. The van der Waals surface area contributed by atoms with Gasteiger partial charge in [-0.2, -0.15) is 5.10 Å². The van der Waals surface area contributed by atoms with Crippen molar-refractivity contribution in [2.45, 2.75) is 13.5 Å². The lowest BCUT2D eigenvalue weighted by molar-refractivity contribution is -0.114. The predicted octanol–water partition coefficient (Wildman–Crippen LogP) is 2.52. The summed E-state index contributed by atoms with van der Waals surface area (Å²) in [5.41, 5.74) is 2.66. The van der Waals surface area contributed by atoms with Gasteiger partial charge in [0, 0.05) is 38.5 Å². The molecule has 8 heteroatoms. The Morgan fingerprint density at radius 1 is 1.16 bits per heavy atom. The summed E-state index contributed by atoms with van der Waals surface area (Å²) >= 11 is 0. The van der Waals surface area contributed by atoms with E-state index in [0.717, 1.165) is 16.9 Å². The van der Waals surface area contributed by atoms with Gasteiger partial charge in [0.25, 0.3) is 0 Å². The minimum atomic E-state index is -0.0907. The summed E-state index contributed by atoms with van der Waals surface area (Å²) in [5, 5.41) is 13.3. The molecule has 0 spiro atoms. The van der Waals surface area contributed by atoms with Crippen LogP contribution in [0.2, 0.25) is 0 Å². The zero-order chi connectivity index (χ0) is 17.6. The summed E-state index contributed by atoms with van der Waals surface area (Å²) < 4.78 is 1.71. The van der Waals surface area contributed by atoms with Gasteiger partial charge in [0.2, 0.25) is 5.91 Å². The van der Waals surface area contributed by atoms with E-state index in [4.69, 9.17) is 0 Å². The van der Waals surface area contributed by atoms with Crippen LogP contribution in [0.4, 0.5) is 23.0 Å². The standard InChI is InChI=1S/C17H19N7O/c1-12(25)22-14-5-3-4-13(6-14)8-18-16-7-17(20-11-19-16)23-15-9-21-24(2)10-15/h3-7,9-11H,8H2,1-2H3,(H,22,25)(H2,18,19,20,23). The fourth-order valence-electron chi connectivity index (χ4n) is 2.31. The Morgan fingerprint density at radius 3 is 2.76 bits per heavy atom. The van der Waals surface area contributed by atoms with Crippen LogP contribution >= 0.6 is 0 Å². The van der Waals surface area contributed by atoms with Crippen molar-refractivity contribution in [2.24, 2.45) is 7.05 Å². The molecule has 0 saturated heterocycles. The van der Waals surface area contributed by atoms with E-state index in [9.17, 15) is 4.79 Å². The Hall–Kier alpha value is -3.42. The Labute approximate surface area is 145 Å². The highest BCUT2D eigenvalue weighted by molar-refractivity contribution is 5.88. The van der Waals surface area contributed by atoms with Crippen molar-refractivity contribution >= 4 is 28.9 Å². The van der Waals surface area contributed by atoms with Crippen LogP contribution < -0.4 is 16.0 Å². The molecule has 25 heavy (non-hydrogen) atoms. The van der Waals surface area contributed by atoms with Gasteiger partial charge in [0.05, 0.1) is 11.9 Å². The molecule has 1 aromatic carbocycles. The van der Waals surface area contributed by atoms with Gasteiger partial charge >= 0.3 is 0 Å². The minimum absolute atomic E-state index is 0.0907. The number of nitrogens with zero attached hydrogens (tertiary/aromatic N) is 4. The van der Waals surface area contributed by atoms with Crippen molar-refractivity contribution in [1.29, 1.82) is 0 Å². The fourth-order valence-corrected chi connectivity index (χ4v) is 2.31. The molecule has 0 fully saturated rings. The Bertz CT molecular complexity index is 875. The van der Waals surface area contributed by atoms with Crippen molar-refractivity contribution in [3.8, 4) is 0 Å². The quantitative estimate of drug-likeness (QED) is 0.639. The highest BCUT2D eigenvalue weighted by Gasteiger charge is 2.02. The third-order valence-corrected chi connectivity index (χ3v) is 3.37. The molecule has 0 aliphatic carbocycles.